The summed E-state index contributed by atoms with van der Waals surface area (Å²) in [5.41, 5.74) is 3.84. The number of nitrogens with zero attached hydrogens (tertiary/aromatic N) is 4. The lowest BCUT2D eigenvalue weighted by atomic mass is 9.97. The molecule has 29 heavy (non-hydrogen) atoms. The van der Waals surface area contributed by atoms with E-state index in [0.717, 1.165) is 48.8 Å². The largest absolute Gasteiger partial charge is 0.493 e. The lowest BCUT2D eigenvalue weighted by Gasteiger charge is -2.32. The highest BCUT2D eigenvalue weighted by atomic mass is 16.5. The molecule has 8 nitrogen and oxygen atoms in total. The lowest BCUT2D eigenvalue weighted by molar-refractivity contribution is 0.102. The summed E-state index contributed by atoms with van der Waals surface area (Å²) >= 11 is 0. The Hall–Kier alpha value is -3.13. The number of rotatable bonds is 3. The molecule has 0 saturated carbocycles. The van der Waals surface area contributed by atoms with Crippen LogP contribution in [-0.2, 0) is 11.2 Å². The Morgan fingerprint density at radius 2 is 2.14 bits per heavy atom. The molecule has 1 fully saturated rings. The van der Waals surface area contributed by atoms with Crippen LogP contribution in [0.1, 0.15) is 22.8 Å². The Bertz CT molecular complexity index is 1060. The fourth-order valence-corrected chi connectivity index (χ4v) is 3.92. The fourth-order valence-electron chi connectivity index (χ4n) is 3.92. The van der Waals surface area contributed by atoms with Gasteiger partial charge in [0.25, 0.3) is 5.91 Å². The summed E-state index contributed by atoms with van der Waals surface area (Å²) < 4.78 is 13.1. The molecule has 0 aliphatic carbocycles. The van der Waals surface area contributed by atoms with Gasteiger partial charge in [-0.15, -0.1) is 0 Å². The summed E-state index contributed by atoms with van der Waals surface area (Å²) in [5, 5.41) is 7.32. The smallest absolute Gasteiger partial charge is 0.261 e. The number of hydrogen-bond donors (Lipinski definition) is 1. The zero-order chi connectivity index (χ0) is 19.8. The van der Waals surface area contributed by atoms with Crippen molar-refractivity contribution in [2.75, 3.05) is 43.1 Å². The first-order valence-electron chi connectivity index (χ1n) is 9.91. The highest BCUT2D eigenvalue weighted by Gasteiger charge is 2.24. The van der Waals surface area contributed by atoms with Gasteiger partial charge in [-0.25, -0.2) is 9.50 Å². The SMILES string of the molecule is CC1COc2cc(N3CCOCC3)c(NC(=O)c3cnn4cccnc34)cc2C1. The third-order valence-electron chi connectivity index (χ3n) is 5.39. The zero-order valence-electron chi connectivity index (χ0n) is 16.3. The van der Waals surface area contributed by atoms with E-state index in [0.29, 0.717) is 30.3 Å². The molecule has 1 unspecified atom stereocenters. The van der Waals surface area contributed by atoms with E-state index in [1.54, 1.807) is 29.2 Å². The average molecular weight is 393 g/mol. The predicted octanol–water partition coefficient (Wildman–Crippen LogP) is 2.39. The van der Waals surface area contributed by atoms with Gasteiger partial charge >= 0.3 is 0 Å². The second kappa shape index (κ2) is 7.36. The maximum Gasteiger partial charge on any atom is 0.261 e. The third kappa shape index (κ3) is 3.40. The predicted molar refractivity (Wildman–Crippen MR) is 109 cm³/mol. The van der Waals surface area contributed by atoms with Crippen LogP contribution in [0.4, 0.5) is 11.4 Å². The number of ether oxygens (including phenoxy) is 2. The molecular formula is C21H23N5O3. The summed E-state index contributed by atoms with van der Waals surface area (Å²) in [6, 6.07) is 5.88. The van der Waals surface area contributed by atoms with Gasteiger partial charge in [0.15, 0.2) is 5.65 Å². The summed E-state index contributed by atoms with van der Waals surface area (Å²) in [6.45, 7) is 5.77. The molecule has 2 aliphatic heterocycles. The summed E-state index contributed by atoms with van der Waals surface area (Å²) in [4.78, 5) is 19.6. The highest BCUT2D eigenvalue weighted by Crippen LogP contribution is 2.38. The standard InChI is InChI=1S/C21H23N5O3/c1-14-9-15-10-17(18(11-19(15)29-13-14)25-5-7-28-8-6-25)24-21(27)16-12-23-26-4-2-3-22-20(16)26/h2-4,10-12,14H,5-9,13H2,1H3,(H,24,27). The van der Waals surface area contributed by atoms with Crippen molar-refractivity contribution in [3.63, 3.8) is 0 Å². The molecule has 2 aromatic heterocycles. The molecule has 8 heteroatoms. The normalized spacial score (nSPS) is 18.9. The zero-order valence-corrected chi connectivity index (χ0v) is 16.3. The van der Waals surface area contributed by atoms with Crippen molar-refractivity contribution < 1.29 is 14.3 Å². The number of hydrogen-bond acceptors (Lipinski definition) is 6. The van der Waals surface area contributed by atoms with Gasteiger partial charge in [-0.3, -0.25) is 4.79 Å². The number of nitrogens with one attached hydrogen (secondary N) is 1. The highest BCUT2D eigenvalue weighted by molar-refractivity contribution is 6.09. The van der Waals surface area contributed by atoms with Crippen molar-refractivity contribution in [3.8, 4) is 5.75 Å². The Balaban J connectivity index is 1.52. The molecule has 1 amide bonds. The van der Waals surface area contributed by atoms with E-state index in [2.05, 4.69) is 33.3 Å². The van der Waals surface area contributed by atoms with Gasteiger partial charge in [0, 0.05) is 31.5 Å². The molecule has 1 N–H and O–H groups in total. The van der Waals surface area contributed by atoms with Crippen molar-refractivity contribution in [1.29, 1.82) is 0 Å². The van der Waals surface area contributed by atoms with Crippen LogP contribution in [-0.4, -0.2) is 53.4 Å². The molecule has 1 aromatic carbocycles. The van der Waals surface area contributed by atoms with Gasteiger partial charge in [-0.05, 0) is 30.0 Å². The maximum atomic E-state index is 13.1. The van der Waals surface area contributed by atoms with Crippen molar-refractivity contribution >= 4 is 22.9 Å². The minimum Gasteiger partial charge on any atom is -0.493 e. The number of morpholine rings is 1. The Labute approximate surface area is 168 Å². The van der Waals surface area contributed by atoms with Crippen LogP contribution in [0.3, 0.4) is 0 Å². The number of aromatic nitrogens is 3. The molecule has 2 aliphatic rings. The molecule has 150 valence electrons. The monoisotopic (exact) mass is 393 g/mol. The van der Waals surface area contributed by atoms with Crippen LogP contribution in [0.25, 0.3) is 5.65 Å². The van der Waals surface area contributed by atoms with Crippen molar-refractivity contribution in [3.05, 3.63) is 47.9 Å². The number of fused-ring (bicyclic) bond motifs is 2. The molecular weight excluding hydrogens is 370 g/mol. The van der Waals surface area contributed by atoms with Crippen molar-refractivity contribution in [2.45, 2.75) is 13.3 Å². The number of anilines is 2. The van der Waals surface area contributed by atoms with Gasteiger partial charge in [0.1, 0.15) is 11.3 Å². The van der Waals surface area contributed by atoms with Gasteiger partial charge in [-0.2, -0.15) is 5.10 Å². The van der Waals surface area contributed by atoms with E-state index in [1.807, 2.05) is 6.07 Å². The third-order valence-corrected chi connectivity index (χ3v) is 5.39. The summed E-state index contributed by atoms with van der Waals surface area (Å²) in [7, 11) is 0. The van der Waals surface area contributed by atoms with E-state index >= 15 is 0 Å². The van der Waals surface area contributed by atoms with Crippen LogP contribution in [0, 0.1) is 5.92 Å². The first-order valence-corrected chi connectivity index (χ1v) is 9.91. The molecule has 3 aromatic rings. The number of benzene rings is 1. The van der Waals surface area contributed by atoms with Crippen LogP contribution >= 0.6 is 0 Å². The molecule has 0 spiro atoms. The topological polar surface area (TPSA) is 81.0 Å². The lowest BCUT2D eigenvalue weighted by Crippen LogP contribution is -2.37. The molecule has 4 heterocycles. The minimum atomic E-state index is -0.224. The number of carbonyl (C=O) groups is 1. The molecule has 1 atom stereocenters. The van der Waals surface area contributed by atoms with Gasteiger partial charge in [0.2, 0.25) is 0 Å². The summed E-state index contributed by atoms with van der Waals surface area (Å²) in [6.07, 6.45) is 5.91. The van der Waals surface area contributed by atoms with Crippen molar-refractivity contribution in [1.82, 2.24) is 14.6 Å². The van der Waals surface area contributed by atoms with Gasteiger partial charge in [-0.1, -0.05) is 6.92 Å². The van der Waals surface area contributed by atoms with Gasteiger partial charge in [0.05, 0.1) is 37.4 Å². The van der Waals surface area contributed by atoms with E-state index in [1.165, 1.54) is 0 Å². The minimum absolute atomic E-state index is 0.224. The van der Waals surface area contributed by atoms with Crippen LogP contribution in [0.15, 0.2) is 36.8 Å². The van der Waals surface area contributed by atoms with Crippen molar-refractivity contribution in [2.24, 2.45) is 5.92 Å². The van der Waals surface area contributed by atoms with Crippen LogP contribution in [0.2, 0.25) is 0 Å². The number of amides is 1. The number of carbonyl (C=O) groups excluding carboxylic acids is 1. The molecule has 0 radical (unpaired) electrons. The van der Waals surface area contributed by atoms with E-state index in [4.69, 9.17) is 9.47 Å². The molecule has 1 saturated heterocycles. The van der Waals surface area contributed by atoms with E-state index in [-0.39, 0.29) is 5.91 Å². The average Bonchev–Trinajstić information content (AvgIpc) is 3.18. The first-order chi connectivity index (χ1) is 14.2. The quantitative estimate of drug-likeness (QED) is 0.736. The van der Waals surface area contributed by atoms with E-state index in [9.17, 15) is 4.79 Å². The van der Waals surface area contributed by atoms with Crippen LogP contribution in [0.5, 0.6) is 5.75 Å². The first kappa shape index (κ1) is 17.9. The Morgan fingerprint density at radius 1 is 1.28 bits per heavy atom. The second-order valence-corrected chi connectivity index (χ2v) is 7.60. The molecule has 5 rings (SSSR count). The molecule has 0 bridgehead atoms. The Kier molecular flexibility index (Phi) is 4.55. The fraction of sp³-hybridized carbons (Fsp3) is 0.381. The summed E-state index contributed by atoms with van der Waals surface area (Å²) in [5.74, 6) is 1.13. The Morgan fingerprint density at radius 3 is 3.00 bits per heavy atom. The van der Waals surface area contributed by atoms with E-state index < -0.39 is 0 Å². The van der Waals surface area contributed by atoms with Crippen LogP contribution < -0.4 is 15.0 Å². The maximum absolute atomic E-state index is 13.1. The second-order valence-electron chi connectivity index (χ2n) is 7.60. The van der Waals surface area contributed by atoms with Gasteiger partial charge < -0.3 is 19.7 Å².